The highest BCUT2D eigenvalue weighted by Crippen LogP contribution is 2.41. The van der Waals surface area contributed by atoms with Crippen LogP contribution in [0.4, 0.5) is 0 Å². The molecule has 6 nitrogen and oxygen atoms in total. The number of aromatic hydroxyl groups is 1. The molecular formula is C37H35NO5. The molecule has 0 saturated heterocycles. The van der Waals surface area contributed by atoms with Crippen molar-refractivity contribution in [1.29, 1.82) is 0 Å². The molecule has 0 bridgehead atoms. The Kier molecular flexibility index (Phi) is 10.3. The quantitative estimate of drug-likeness (QED) is 0.133. The Hall–Kier alpha value is -5.23. The van der Waals surface area contributed by atoms with E-state index in [1.165, 1.54) is 0 Å². The maximum absolute atomic E-state index is 12.1. The van der Waals surface area contributed by atoms with Crippen LogP contribution in [0.25, 0.3) is 0 Å². The second-order valence-electron chi connectivity index (χ2n) is 10.2. The number of phenols is 1. The molecule has 43 heavy (non-hydrogen) atoms. The second kappa shape index (κ2) is 15.1. The summed E-state index contributed by atoms with van der Waals surface area (Å²) in [5.41, 5.74) is 4.97. The van der Waals surface area contributed by atoms with Crippen LogP contribution >= 0.6 is 0 Å². The summed E-state index contributed by atoms with van der Waals surface area (Å²) in [7, 11) is 0. The van der Waals surface area contributed by atoms with E-state index in [0.717, 1.165) is 34.2 Å². The number of phenolic OH excluding ortho intramolecular Hbond substituents is 1. The molecule has 0 aromatic heterocycles. The second-order valence-corrected chi connectivity index (χ2v) is 10.2. The van der Waals surface area contributed by atoms with Crippen molar-refractivity contribution in [1.82, 2.24) is 4.90 Å². The Bertz CT molecular complexity index is 1490. The molecule has 1 amide bonds. The average Bonchev–Trinajstić information content (AvgIpc) is 3.06. The molecule has 0 unspecified atom stereocenters. The third kappa shape index (κ3) is 8.88. The number of amides is 1. The van der Waals surface area contributed by atoms with Crippen LogP contribution in [-0.2, 0) is 37.6 Å². The van der Waals surface area contributed by atoms with Crippen molar-refractivity contribution < 1.29 is 24.1 Å². The zero-order chi connectivity index (χ0) is 29.7. The third-order valence-electron chi connectivity index (χ3n) is 6.94. The molecular weight excluding hydrogens is 538 g/mol. The van der Waals surface area contributed by atoms with Crippen molar-refractivity contribution in [3.8, 4) is 23.0 Å². The van der Waals surface area contributed by atoms with E-state index in [9.17, 15) is 9.90 Å². The summed E-state index contributed by atoms with van der Waals surface area (Å²) in [6.45, 7) is 1.92. The van der Waals surface area contributed by atoms with Gasteiger partial charge < -0.3 is 24.2 Å². The minimum atomic E-state index is 0.219. The van der Waals surface area contributed by atoms with Crippen molar-refractivity contribution in [2.45, 2.75) is 32.8 Å². The van der Waals surface area contributed by atoms with Gasteiger partial charge in [0.05, 0.1) is 0 Å². The van der Waals surface area contributed by atoms with Crippen molar-refractivity contribution >= 4 is 6.41 Å². The Balaban J connectivity index is 1.43. The summed E-state index contributed by atoms with van der Waals surface area (Å²) < 4.78 is 19.1. The van der Waals surface area contributed by atoms with Crippen LogP contribution in [0.15, 0.2) is 127 Å². The van der Waals surface area contributed by atoms with Crippen LogP contribution in [0.1, 0.15) is 27.8 Å². The number of ether oxygens (including phenoxy) is 3. The van der Waals surface area contributed by atoms with Crippen molar-refractivity contribution in [2.24, 2.45) is 0 Å². The lowest BCUT2D eigenvalue weighted by Crippen LogP contribution is -2.24. The van der Waals surface area contributed by atoms with E-state index in [-0.39, 0.29) is 5.75 Å². The Morgan fingerprint density at radius 2 is 1.02 bits per heavy atom. The molecule has 0 heterocycles. The van der Waals surface area contributed by atoms with Gasteiger partial charge in [-0.25, -0.2) is 0 Å². The van der Waals surface area contributed by atoms with E-state index in [1.807, 2.05) is 115 Å². The van der Waals surface area contributed by atoms with Gasteiger partial charge in [-0.2, -0.15) is 0 Å². The summed E-state index contributed by atoms with van der Waals surface area (Å²) >= 11 is 0. The van der Waals surface area contributed by atoms with Gasteiger partial charge in [-0.3, -0.25) is 4.79 Å². The molecule has 0 radical (unpaired) electrons. The summed E-state index contributed by atoms with van der Waals surface area (Å²) in [6, 6.07) is 40.8. The standard InChI is InChI=1S/C37H35NO5/c39-28-38(21-20-29-16-18-34(40)19-17-29)24-33-22-35(41-25-30-10-4-1-5-11-30)37(43-27-32-14-8-3-9-15-32)36(23-33)42-26-31-12-6-2-7-13-31/h1-19,22-23,28,40H,20-21,24-27H2. The normalized spacial score (nSPS) is 10.6. The zero-order valence-corrected chi connectivity index (χ0v) is 24.0. The van der Waals surface area contributed by atoms with Gasteiger partial charge in [-0.1, -0.05) is 103 Å². The van der Waals surface area contributed by atoms with Crippen LogP contribution in [0, 0.1) is 0 Å². The number of hydrogen-bond acceptors (Lipinski definition) is 5. The summed E-state index contributed by atoms with van der Waals surface area (Å²) in [6.07, 6.45) is 1.52. The van der Waals surface area contributed by atoms with Crippen molar-refractivity contribution in [3.63, 3.8) is 0 Å². The van der Waals surface area contributed by atoms with E-state index < -0.39 is 0 Å². The fraction of sp³-hybridized carbons (Fsp3) is 0.162. The molecule has 218 valence electrons. The van der Waals surface area contributed by atoms with Gasteiger partial charge in [0.1, 0.15) is 25.6 Å². The molecule has 5 aromatic carbocycles. The minimum Gasteiger partial charge on any atom is -0.508 e. The monoisotopic (exact) mass is 573 g/mol. The van der Waals surface area contributed by atoms with Crippen LogP contribution in [0.3, 0.4) is 0 Å². The molecule has 0 aliphatic rings. The summed E-state index contributed by atoms with van der Waals surface area (Å²) in [5.74, 6) is 1.83. The largest absolute Gasteiger partial charge is 0.508 e. The summed E-state index contributed by atoms with van der Waals surface area (Å²) in [5, 5.41) is 9.58. The van der Waals surface area contributed by atoms with Crippen LogP contribution in [-0.4, -0.2) is 23.0 Å². The molecule has 1 N–H and O–H groups in total. The lowest BCUT2D eigenvalue weighted by atomic mass is 10.1. The average molecular weight is 574 g/mol. The number of rotatable bonds is 15. The minimum absolute atomic E-state index is 0.219. The van der Waals surface area contributed by atoms with Crippen LogP contribution < -0.4 is 14.2 Å². The molecule has 5 aromatic rings. The zero-order valence-electron chi connectivity index (χ0n) is 24.0. The smallest absolute Gasteiger partial charge is 0.210 e. The molecule has 0 aliphatic heterocycles. The van der Waals surface area contributed by atoms with Crippen LogP contribution in [0.2, 0.25) is 0 Å². The number of benzene rings is 5. The third-order valence-corrected chi connectivity index (χ3v) is 6.94. The first kappa shape index (κ1) is 29.3. The Morgan fingerprint density at radius 1 is 0.558 bits per heavy atom. The molecule has 0 fully saturated rings. The van der Waals surface area contributed by atoms with E-state index in [1.54, 1.807) is 17.0 Å². The van der Waals surface area contributed by atoms with E-state index >= 15 is 0 Å². The number of carbonyl (C=O) groups is 1. The van der Waals surface area contributed by atoms with E-state index in [2.05, 4.69) is 0 Å². The highest BCUT2D eigenvalue weighted by atomic mass is 16.5. The predicted molar refractivity (Wildman–Crippen MR) is 167 cm³/mol. The van der Waals surface area contributed by atoms with E-state index in [4.69, 9.17) is 14.2 Å². The summed E-state index contributed by atoms with van der Waals surface area (Å²) in [4.78, 5) is 13.8. The SMILES string of the molecule is O=CN(CCc1ccc(O)cc1)Cc1cc(OCc2ccccc2)c(OCc2ccccc2)c(OCc2ccccc2)c1. The van der Waals surface area contributed by atoms with Crippen LogP contribution in [0.5, 0.6) is 23.0 Å². The fourth-order valence-corrected chi connectivity index (χ4v) is 4.62. The molecule has 0 atom stereocenters. The lowest BCUT2D eigenvalue weighted by molar-refractivity contribution is -0.118. The number of hydrogen-bond donors (Lipinski definition) is 1. The van der Waals surface area contributed by atoms with Gasteiger partial charge in [-0.15, -0.1) is 0 Å². The van der Waals surface area contributed by atoms with Gasteiger partial charge in [0, 0.05) is 13.1 Å². The van der Waals surface area contributed by atoms with Gasteiger partial charge in [0.25, 0.3) is 0 Å². The highest BCUT2D eigenvalue weighted by molar-refractivity contribution is 5.55. The topological polar surface area (TPSA) is 68.2 Å². The number of carbonyl (C=O) groups excluding carboxylic acids is 1. The Labute approximate surface area is 252 Å². The maximum Gasteiger partial charge on any atom is 0.210 e. The first-order chi connectivity index (χ1) is 21.2. The molecule has 0 spiro atoms. The highest BCUT2D eigenvalue weighted by Gasteiger charge is 2.18. The maximum atomic E-state index is 12.1. The molecule has 0 aliphatic carbocycles. The molecule has 0 saturated carbocycles. The first-order valence-electron chi connectivity index (χ1n) is 14.3. The first-order valence-corrected chi connectivity index (χ1v) is 14.3. The van der Waals surface area contributed by atoms with Crippen molar-refractivity contribution in [3.05, 3.63) is 155 Å². The number of nitrogens with zero attached hydrogens (tertiary/aromatic N) is 1. The molecule has 5 rings (SSSR count). The lowest BCUT2D eigenvalue weighted by Gasteiger charge is -2.22. The van der Waals surface area contributed by atoms with Crippen molar-refractivity contribution in [2.75, 3.05) is 6.54 Å². The predicted octanol–water partition coefficient (Wildman–Crippen LogP) is 7.33. The van der Waals surface area contributed by atoms with Gasteiger partial charge in [0.2, 0.25) is 12.2 Å². The Morgan fingerprint density at radius 3 is 1.49 bits per heavy atom. The van der Waals surface area contributed by atoms with Gasteiger partial charge in [0.15, 0.2) is 11.5 Å². The van der Waals surface area contributed by atoms with E-state index in [0.29, 0.717) is 56.6 Å². The van der Waals surface area contributed by atoms with Gasteiger partial charge in [-0.05, 0) is 58.5 Å². The fourth-order valence-electron chi connectivity index (χ4n) is 4.62. The van der Waals surface area contributed by atoms with Gasteiger partial charge >= 0.3 is 0 Å². The molecule has 6 heteroatoms.